The second-order valence-corrected chi connectivity index (χ2v) is 4.19. The van der Waals surface area contributed by atoms with Gasteiger partial charge in [-0.3, -0.25) is 4.79 Å². The molecule has 5 nitrogen and oxygen atoms in total. The summed E-state index contributed by atoms with van der Waals surface area (Å²) in [5.74, 6) is 0.696. The van der Waals surface area contributed by atoms with Crippen molar-refractivity contribution in [1.82, 2.24) is 4.90 Å². The number of hydrogen-bond donors (Lipinski definition) is 1. The van der Waals surface area contributed by atoms with E-state index in [0.29, 0.717) is 13.1 Å². The summed E-state index contributed by atoms with van der Waals surface area (Å²) in [4.78, 5) is 13.4. The zero-order valence-electron chi connectivity index (χ0n) is 9.80. The van der Waals surface area contributed by atoms with Crippen molar-refractivity contribution in [3.05, 3.63) is 24.2 Å². The topological polar surface area (TPSA) is 68.7 Å². The number of ether oxygens (including phenoxy) is 1. The lowest BCUT2D eigenvalue weighted by Gasteiger charge is -2.24. The van der Waals surface area contributed by atoms with Crippen LogP contribution in [0.1, 0.15) is 18.6 Å². The number of nitrogens with two attached hydrogens (primary N) is 1. The van der Waals surface area contributed by atoms with Crippen LogP contribution in [-0.4, -0.2) is 36.6 Å². The first kappa shape index (κ1) is 12.1. The van der Waals surface area contributed by atoms with Crippen molar-refractivity contribution in [2.24, 2.45) is 5.73 Å². The Morgan fingerprint density at radius 1 is 1.59 bits per heavy atom. The largest absolute Gasteiger partial charge is 0.467 e. The minimum atomic E-state index is -0.0723. The molecule has 1 fully saturated rings. The molecular formula is C12H18N2O3. The first-order valence-corrected chi connectivity index (χ1v) is 5.91. The van der Waals surface area contributed by atoms with E-state index in [4.69, 9.17) is 14.9 Å². The number of amides is 1. The lowest BCUT2D eigenvalue weighted by molar-refractivity contribution is -0.132. The Bertz CT molecular complexity index is 345. The van der Waals surface area contributed by atoms with Crippen molar-refractivity contribution in [3.63, 3.8) is 0 Å². The maximum atomic E-state index is 11.7. The molecule has 1 aliphatic heterocycles. The highest BCUT2D eigenvalue weighted by molar-refractivity contribution is 5.78. The Kier molecular flexibility index (Phi) is 4.17. The van der Waals surface area contributed by atoms with Gasteiger partial charge in [0.15, 0.2) is 0 Å². The number of carbonyl (C=O) groups excluding carboxylic acids is 1. The third-order valence-electron chi connectivity index (χ3n) is 2.90. The molecule has 0 spiro atoms. The minimum absolute atomic E-state index is 0.0213. The van der Waals surface area contributed by atoms with Gasteiger partial charge >= 0.3 is 0 Å². The van der Waals surface area contributed by atoms with Crippen LogP contribution in [0.15, 0.2) is 22.8 Å². The Morgan fingerprint density at radius 3 is 3.06 bits per heavy atom. The predicted octanol–water partition coefficient (Wildman–Crippen LogP) is 0.746. The zero-order valence-corrected chi connectivity index (χ0v) is 9.80. The summed E-state index contributed by atoms with van der Waals surface area (Å²) in [6.07, 6.45) is 3.81. The third-order valence-corrected chi connectivity index (χ3v) is 2.90. The molecule has 1 aromatic heterocycles. The van der Waals surface area contributed by atoms with E-state index in [1.807, 2.05) is 12.1 Å². The summed E-state index contributed by atoms with van der Waals surface area (Å²) in [6.45, 7) is 1.86. The highest BCUT2D eigenvalue weighted by atomic mass is 16.5. The molecule has 1 aromatic rings. The maximum Gasteiger partial charge on any atom is 0.236 e. The van der Waals surface area contributed by atoms with Crippen molar-refractivity contribution in [2.75, 3.05) is 19.7 Å². The zero-order chi connectivity index (χ0) is 12.1. The first-order valence-electron chi connectivity index (χ1n) is 5.91. The maximum absolute atomic E-state index is 11.7. The lowest BCUT2D eigenvalue weighted by atomic mass is 10.2. The van der Waals surface area contributed by atoms with Crippen molar-refractivity contribution in [3.8, 4) is 0 Å². The molecule has 2 heterocycles. The van der Waals surface area contributed by atoms with Crippen LogP contribution >= 0.6 is 0 Å². The Hall–Kier alpha value is -1.33. The van der Waals surface area contributed by atoms with Gasteiger partial charge in [-0.25, -0.2) is 0 Å². The molecule has 0 saturated carbocycles. The van der Waals surface area contributed by atoms with Gasteiger partial charge in [-0.15, -0.1) is 0 Å². The SMILES string of the molecule is NCC(=O)N(Cc1ccco1)CC1CCCO1. The van der Waals surface area contributed by atoms with Gasteiger partial charge in [-0.05, 0) is 25.0 Å². The summed E-state index contributed by atoms with van der Waals surface area (Å²) < 4.78 is 10.8. The highest BCUT2D eigenvalue weighted by Gasteiger charge is 2.22. The first-order chi connectivity index (χ1) is 8.29. The van der Waals surface area contributed by atoms with Crippen LogP contribution in [0, 0.1) is 0 Å². The second kappa shape index (κ2) is 5.84. The molecule has 1 unspecified atom stereocenters. The van der Waals surface area contributed by atoms with Crippen molar-refractivity contribution >= 4 is 5.91 Å². The molecule has 17 heavy (non-hydrogen) atoms. The molecule has 2 N–H and O–H groups in total. The molecule has 2 rings (SSSR count). The summed E-state index contributed by atoms with van der Waals surface area (Å²) >= 11 is 0. The Morgan fingerprint density at radius 2 is 2.47 bits per heavy atom. The molecule has 1 saturated heterocycles. The number of hydrogen-bond acceptors (Lipinski definition) is 4. The second-order valence-electron chi connectivity index (χ2n) is 4.19. The van der Waals surface area contributed by atoms with Gasteiger partial charge in [0, 0.05) is 13.2 Å². The molecular weight excluding hydrogens is 220 g/mol. The van der Waals surface area contributed by atoms with Crippen LogP contribution in [-0.2, 0) is 16.1 Å². The van der Waals surface area contributed by atoms with E-state index < -0.39 is 0 Å². The van der Waals surface area contributed by atoms with Crippen LogP contribution in [0.3, 0.4) is 0 Å². The van der Waals surface area contributed by atoms with Crippen LogP contribution in [0.5, 0.6) is 0 Å². The highest BCUT2D eigenvalue weighted by Crippen LogP contribution is 2.15. The van der Waals surface area contributed by atoms with Gasteiger partial charge < -0.3 is 19.8 Å². The lowest BCUT2D eigenvalue weighted by Crippen LogP contribution is -2.40. The monoisotopic (exact) mass is 238 g/mol. The summed E-state index contributed by atoms with van der Waals surface area (Å²) in [6, 6.07) is 3.67. The van der Waals surface area contributed by atoms with Crippen LogP contribution in [0.4, 0.5) is 0 Å². The molecule has 1 atom stereocenters. The predicted molar refractivity (Wildman–Crippen MR) is 62.2 cm³/mol. The molecule has 0 aromatic carbocycles. The molecule has 94 valence electrons. The van der Waals surface area contributed by atoms with E-state index in [0.717, 1.165) is 25.2 Å². The van der Waals surface area contributed by atoms with E-state index in [2.05, 4.69) is 0 Å². The molecule has 1 aliphatic rings. The van der Waals surface area contributed by atoms with Gasteiger partial charge in [0.1, 0.15) is 5.76 Å². The van der Waals surface area contributed by atoms with Gasteiger partial charge in [-0.1, -0.05) is 0 Å². The van der Waals surface area contributed by atoms with Crippen molar-refractivity contribution < 1.29 is 13.9 Å². The van der Waals surface area contributed by atoms with E-state index >= 15 is 0 Å². The standard InChI is InChI=1S/C12H18N2O3/c13-7-12(15)14(8-10-3-1-5-16-10)9-11-4-2-6-17-11/h1,3,5,11H,2,4,6-9,13H2. The fraction of sp³-hybridized carbons (Fsp3) is 0.583. The van der Waals surface area contributed by atoms with E-state index in [9.17, 15) is 4.79 Å². The quantitative estimate of drug-likeness (QED) is 0.821. The molecule has 0 radical (unpaired) electrons. The van der Waals surface area contributed by atoms with Gasteiger partial charge in [0.25, 0.3) is 0 Å². The molecule has 5 heteroatoms. The van der Waals surface area contributed by atoms with Crippen LogP contribution < -0.4 is 5.73 Å². The van der Waals surface area contributed by atoms with Gasteiger partial charge in [0.05, 0.1) is 25.5 Å². The van der Waals surface area contributed by atoms with Crippen LogP contribution in [0.25, 0.3) is 0 Å². The Balaban J connectivity index is 1.94. The van der Waals surface area contributed by atoms with E-state index in [1.165, 1.54) is 0 Å². The van der Waals surface area contributed by atoms with Gasteiger partial charge in [-0.2, -0.15) is 0 Å². The summed E-state index contributed by atoms with van der Waals surface area (Å²) in [5.41, 5.74) is 5.41. The normalized spacial score (nSPS) is 19.5. The van der Waals surface area contributed by atoms with Crippen molar-refractivity contribution in [2.45, 2.75) is 25.5 Å². The molecule has 0 bridgehead atoms. The number of nitrogens with zero attached hydrogens (tertiary/aromatic N) is 1. The van der Waals surface area contributed by atoms with Crippen LogP contribution in [0.2, 0.25) is 0 Å². The average molecular weight is 238 g/mol. The summed E-state index contributed by atoms with van der Waals surface area (Å²) in [5, 5.41) is 0. The Labute approximate surface area is 101 Å². The average Bonchev–Trinajstić information content (AvgIpc) is 3.00. The molecule has 0 aliphatic carbocycles. The van der Waals surface area contributed by atoms with E-state index in [1.54, 1.807) is 11.2 Å². The number of carbonyl (C=O) groups is 1. The summed E-state index contributed by atoms with van der Waals surface area (Å²) in [7, 11) is 0. The fourth-order valence-corrected chi connectivity index (χ4v) is 2.01. The van der Waals surface area contributed by atoms with E-state index in [-0.39, 0.29) is 18.6 Å². The van der Waals surface area contributed by atoms with Gasteiger partial charge in [0.2, 0.25) is 5.91 Å². The van der Waals surface area contributed by atoms with Crippen molar-refractivity contribution in [1.29, 1.82) is 0 Å². The minimum Gasteiger partial charge on any atom is -0.467 e. The molecule has 1 amide bonds. The smallest absolute Gasteiger partial charge is 0.236 e. The fourth-order valence-electron chi connectivity index (χ4n) is 2.01. The number of furan rings is 1. The number of rotatable bonds is 5. The third kappa shape index (κ3) is 3.31.